The smallest absolute Gasteiger partial charge is 0.326 e. The zero-order valence-corrected chi connectivity index (χ0v) is 11.4. The Balaban J connectivity index is 2.72. The van der Waals surface area contributed by atoms with E-state index in [2.05, 4.69) is 16.0 Å². The first-order valence-corrected chi connectivity index (χ1v) is 6.18. The number of nitrogens with one attached hydrogen (secondary N) is 3. The number of hydrogen-bond acceptors (Lipinski definition) is 4. The number of carboxylic acids is 2. The van der Waals surface area contributed by atoms with Gasteiger partial charge in [0.1, 0.15) is 6.04 Å². The molecule has 0 saturated carbocycles. The number of carbonyl (C=O) groups is 3. The zero-order valence-electron chi connectivity index (χ0n) is 11.4. The summed E-state index contributed by atoms with van der Waals surface area (Å²) in [6, 6.07) is 4.74. The second-order valence-corrected chi connectivity index (χ2v) is 4.27. The summed E-state index contributed by atoms with van der Waals surface area (Å²) in [4.78, 5) is 33.2. The van der Waals surface area contributed by atoms with Crippen molar-refractivity contribution in [3.8, 4) is 0 Å². The van der Waals surface area contributed by atoms with Gasteiger partial charge in [0.25, 0.3) is 0 Å². The molecule has 1 aromatic carbocycles. The third-order valence-corrected chi connectivity index (χ3v) is 2.61. The number of hydrogen-bond donors (Lipinski definition) is 5. The Labute approximate surface area is 121 Å². The van der Waals surface area contributed by atoms with Gasteiger partial charge < -0.3 is 26.2 Å². The Morgan fingerprint density at radius 3 is 2.43 bits per heavy atom. The normalized spacial score (nSPS) is 11.5. The van der Waals surface area contributed by atoms with Crippen molar-refractivity contribution < 1.29 is 24.6 Å². The van der Waals surface area contributed by atoms with Gasteiger partial charge in [0.05, 0.1) is 6.42 Å². The van der Waals surface area contributed by atoms with E-state index in [9.17, 15) is 14.4 Å². The third-order valence-electron chi connectivity index (χ3n) is 2.61. The van der Waals surface area contributed by atoms with Crippen LogP contribution in [-0.2, 0) is 16.1 Å². The van der Waals surface area contributed by atoms with Crippen molar-refractivity contribution in [1.82, 2.24) is 10.6 Å². The van der Waals surface area contributed by atoms with Crippen LogP contribution in [0.15, 0.2) is 24.3 Å². The SMILES string of the molecule is CNCc1ccccc1NC(=O)NC(CC(=O)O)C(=O)O. The molecule has 2 amide bonds. The van der Waals surface area contributed by atoms with Crippen LogP contribution in [-0.4, -0.2) is 41.3 Å². The first-order valence-electron chi connectivity index (χ1n) is 6.18. The predicted molar refractivity (Wildman–Crippen MR) is 75.0 cm³/mol. The van der Waals surface area contributed by atoms with Gasteiger partial charge in [0.2, 0.25) is 0 Å². The molecule has 8 nitrogen and oxygen atoms in total. The molecule has 21 heavy (non-hydrogen) atoms. The standard InChI is InChI=1S/C13H17N3O5/c1-14-7-8-4-2-3-5-9(8)15-13(21)16-10(12(19)20)6-11(17)18/h2-5,10,14H,6-7H2,1H3,(H,17,18)(H,19,20)(H2,15,16,21). The van der Waals surface area contributed by atoms with Crippen molar-refractivity contribution >= 4 is 23.7 Å². The molecule has 114 valence electrons. The largest absolute Gasteiger partial charge is 0.481 e. The van der Waals surface area contributed by atoms with E-state index in [-0.39, 0.29) is 0 Å². The van der Waals surface area contributed by atoms with E-state index in [1.165, 1.54) is 0 Å². The van der Waals surface area contributed by atoms with Crippen LogP contribution < -0.4 is 16.0 Å². The molecule has 1 aromatic rings. The topological polar surface area (TPSA) is 128 Å². The fraction of sp³-hybridized carbons (Fsp3) is 0.308. The van der Waals surface area contributed by atoms with Crippen LogP contribution >= 0.6 is 0 Å². The molecular formula is C13H17N3O5. The minimum Gasteiger partial charge on any atom is -0.481 e. The first-order chi connectivity index (χ1) is 9.93. The number of para-hydroxylation sites is 1. The molecule has 8 heteroatoms. The van der Waals surface area contributed by atoms with Crippen LogP contribution in [0.2, 0.25) is 0 Å². The summed E-state index contributed by atoms with van der Waals surface area (Å²) in [6.45, 7) is 0.522. The molecular weight excluding hydrogens is 278 g/mol. The number of benzene rings is 1. The van der Waals surface area contributed by atoms with E-state index in [1.807, 2.05) is 0 Å². The van der Waals surface area contributed by atoms with E-state index in [0.29, 0.717) is 12.2 Å². The van der Waals surface area contributed by atoms with E-state index in [0.717, 1.165) is 5.56 Å². The molecule has 0 fully saturated rings. The number of amides is 2. The minimum atomic E-state index is -1.49. The van der Waals surface area contributed by atoms with E-state index in [4.69, 9.17) is 10.2 Å². The summed E-state index contributed by atoms with van der Waals surface area (Å²) in [5, 5.41) is 25.0. The number of carbonyl (C=O) groups excluding carboxylic acids is 1. The van der Waals surface area contributed by atoms with Crippen LogP contribution in [0.4, 0.5) is 10.5 Å². The van der Waals surface area contributed by atoms with E-state index >= 15 is 0 Å². The molecule has 0 radical (unpaired) electrons. The van der Waals surface area contributed by atoms with Gasteiger partial charge in [-0.25, -0.2) is 9.59 Å². The Morgan fingerprint density at radius 1 is 1.19 bits per heavy atom. The minimum absolute atomic E-state index is 0.517. The van der Waals surface area contributed by atoms with Gasteiger partial charge in [-0.1, -0.05) is 18.2 Å². The van der Waals surface area contributed by atoms with Gasteiger partial charge in [-0.15, -0.1) is 0 Å². The fourth-order valence-electron chi connectivity index (χ4n) is 1.68. The van der Waals surface area contributed by atoms with Gasteiger partial charge in [-0.05, 0) is 18.7 Å². The summed E-state index contributed by atoms with van der Waals surface area (Å²) < 4.78 is 0. The Bertz CT molecular complexity index is 532. The molecule has 0 aliphatic carbocycles. The zero-order chi connectivity index (χ0) is 15.8. The molecule has 1 unspecified atom stereocenters. The molecule has 0 aliphatic rings. The van der Waals surface area contributed by atoms with Crippen molar-refractivity contribution in [2.45, 2.75) is 19.0 Å². The molecule has 0 bridgehead atoms. The number of carboxylic acid groups (broad SMARTS) is 2. The lowest BCUT2D eigenvalue weighted by Gasteiger charge is -2.15. The molecule has 0 spiro atoms. The summed E-state index contributed by atoms with van der Waals surface area (Å²) >= 11 is 0. The van der Waals surface area contributed by atoms with Gasteiger partial charge >= 0.3 is 18.0 Å². The number of urea groups is 1. The maximum atomic E-state index is 11.8. The van der Waals surface area contributed by atoms with Crippen LogP contribution in [0.25, 0.3) is 0 Å². The molecule has 0 aliphatic heterocycles. The summed E-state index contributed by atoms with van der Waals surface area (Å²) in [6.07, 6.45) is -0.694. The monoisotopic (exact) mass is 295 g/mol. The van der Waals surface area contributed by atoms with Gasteiger partial charge in [-0.2, -0.15) is 0 Å². The highest BCUT2D eigenvalue weighted by Crippen LogP contribution is 2.14. The van der Waals surface area contributed by atoms with E-state index < -0.39 is 30.4 Å². The number of aliphatic carboxylic acids is 2. The van der Waals surface area contributed by atoms with Crippen molar-refractivity contribution in [3.05, 3.63) is 29.8 Å². The maximum absolute atomic E-state index is 11.8. The second-order valence-electron chi connectivity index (χ2n) is 4.27. The molecule has 1 rings (SSSR count). The quantitative estimate of drug-likeness (QED) is 0.497. The van der Waals surface area contributed by atoms with Gasteiger partial charge in [-0.3, -0.25) is 4.79 Å². The Kier molecular flexibility index (Phi) is 6.15. The van der Waals surface area contributed by atoms with Crippen molar-refractivity contribution in [1.29, 1.82) is 0 Å². The fourth-order valence-corrected chi connectivity index (χ4v) is 1.68. The van der Waals surface area contributed by atoms with Gasteiger partial charge in [0, 0.05) is 12.2 Å². The lowest BCUT2D eigenvalue weighted by molar-refractivity contribution is -0.145. The number of rotatable bonds is 7. The van der Waals surface area contributed by atoms with Crippen molar-refractivity contribution in [2.24, 2.45) is 0 Å². The highest BCUT2D eigenvalue weighted by molar-refractivity contribution is 5.93. The molecule has 0 aromatic heterocycles. The van der Waals surface area contributed by atoms with Crippen molar-refractivity contribution in [2.75, 3.05) is 12.4 Å². The second kappa shape index (κ2) is 7.85. The summed E-state index contributed by atoms with van der Waals surface area (Å²) in [5.41, 5.74) is 1.34. The van der Waals surface area contributed by atoms with Crippen LogP contribution in [0.3, 0.4) is 0 Å². The Morgan fingerprint density at radius 2 is 1.86 bits per heavy atom. The average molecular weight is 295 g/mol. The van der Waals surface area contributed by atoms with Crippen LogP contribution in [0.5, 0.6) is 0 Å². The van der Waals surface area contributed by atoms with Crippen molar-refractivity contribution in [3.63, 3.8) is 0 Å². The number of anilines is 1. The predicted octanol–water partition coefficient (Wildman–Crippen LogP) is 0.455. The molecule has 0 saturated heterocycles. The first kappa shape index (κ1) is 16.4. The third kappa shape index (κ3) is 5.49. The summed E-state index contributed by atoms with van der Waals surface area (Å²) in [7, 11) is 1.75. The van der Waals surface area contributed by atoms with Gasteiger partial charge in [0.15, 0.2) is 0 Å². The molecule has 1 atom stereocenters. The summed E-state index contributed by atoms with van der Waals surface area (Å²) in [5.74, 6) is -2.71. The molecule has 0 heterocycles. The maximum Gasteiger partial charge on any atom is 0.326 e. The Hall–Kier alpha value is -2.61. The highest BCUT2D eigenvalue weighted by atomic mass is 16.4. The van der Waals surface area contributed by atoms with Crippen LogP contribution in [0.1, 0.15) is 12.0 Å². The molecule has 5 N–H and O–H groups in total. The lowest BCUT2D eigenvalue weighted by Crippen LogP contribution is -2.44. The lowest BCUT2D eigenvalue weighted by atomic mass is 10.1. The average Bonchev–Trinajstić information content (AvgIpc) is 2.40. The highest BCUT2D eigenvalue weighted by Gasteiger charge is 2.23. The van der Waals surface area contributed by atoms with Crippen LogP contribution in [0, 0.1) is 0 Å². The van der Waals surface area contributed by atoms with E-state index in [1.54, 1.807) is 31.3 Å².